The lowest BCUT2D eigenvalue weighted by atomic mass is 10.2. The first-order valence-electron chi connectivity index (χ1n) is 7.36. The lowest BCUT2D eigenvalue weighted by Crippen LogP contribution is -2.17. The quantitative estimate of drug-likeness (QED) is 0.539. The van der Waals surface area contributed by atoms with Gasteiger partial charge in [0.25, 0.3) is 0 Å². The Morgan fingerprint density at radius 1 is 1.13 bits per heavy atom. The van der Waals surface area contributed by atoms with E-state index in [1.807, 2.05) is 36.4 Å². The molecule has 0 radical (unpaired) electrons. The van der Waals surface area contributed by atoms with Crippen LogP contribution in [0.3, 0.4) is 0 Å². The Bertz CT molecular complexity index is 898. The van der Waals surface area contributed by atoms with Crippen LogP contribution in [0.1, 0.15) is 16.8 Å². The summed E-state index contributed by atoms with van der Waals surface area (Å²) in [4.78, 5) is 27.1. The van der Waals surface area contributed by atoms with Gasteiger partial charge in [0, 0.05) is 11.4 Å². The molecule has 0 fully saturated rings. The second kappa shape index (κ2) is 6.75. The molecule has 23 heavy (non-hydrogen) atoms. The van der Waals surface area contributed by atoms with Crippen LogP contribution in [0, 0.1) is 0 Å². The summed E-state index contributed by atoms with van der Waals surface area (Å²) in [6.07, 6.45) is 0.819. The Morgan fingerprint density at radius 2 is 1.87 bits per heavy atom. The molecule has 1 heterocycles. The average molecular weight is 327 g/mol. The lowest BCUT2D eigenvalue weighted by Gasteiger charge is -2.07. The van der Waals surface area contributed by atoms with Gasteiger partial charge in [-0.3, -0.25) is 9.36 Å². The maximum atomic E-state index is 12.0. The van der Waals surface area contributed by atoms with Crippen LogP contribution in [0.5, 0.6) is 0 Å². The molecule has 0 aliphatic heterocycles. The van der Waals surface area contributed by atoms with Crippen LogP contribution in [0.2, 0.25) is 0 Å². The van der Waals surface area contributed by atoms with Crippen LogP contribution in [-0.2, 0) is 6.54 Å². The number of hydrogen-bond acceptors (Lipinski definition) is 3. The SMILES string of the molecule is NC(=O)c1ccccc1SCCCn1c(=O)[nH]c2ccccc21. The molecule has 0 atom stereocenters. The van der Waals surface area contributed by atoms with Crippen molar-refractivity contribution < 1.29 is 4.79 Å². The van der Waals surface area contributed by atoms with Gasteiger partial charge in [0.15, 0.2) is 0 Å². The van der Waals surface area contributed by atoms with Gasteiger partial charge in [-0.2, -0.15) is 0 Å². The van der Waals surface area contributed by atoms with Crippen molar-refractivity contribution in [3.63, 3.8) is 0 Å². The van der Waals surface area contributed by atoms with E-state index < -0.39 is 5.91 Å². The number of fused-ring (bicyclic) bond motifs is 1. The number of aromatic nitrogens is 2. The van der Waals surface area contributed by atoms with Gasteiger partial charge in [0.1, 0.15) is 0 Å². The molecule has 6 heteroatoms. The number of primary amides is 1. The van der Waals surface area contributed by atoms with Crippen LogP contribution < -0.4 is 11.4 Å². The molecule has 118 valence electrons. The fourth-order valence-corrected chi connectivity index (χ4v) is 3.52. The number of carbonyl (C=O) groups is 1. The van der Waals surface area contributed by atoms with E-state index in [-0.39, 0.29) is 5.69 Å². The molecule has 0 bridgehead atoms. The summed E-state index contributed by atoms with van der Waals surface area (Å²) < 4.78 is 1.75. The van der Waals surface area contributed by atoms with Crippen molar-refractivity contribution in [2.45, 2.75) is 17.9 Å². The molecule has 0 saturated heterocycles. The van der Waals surface area contributed by atoms with Crippen molar-refractivity contribution in [3.8, 4) is 0 Å². The number of thioether (sulfide) groups is 1. The van der Waals surface area contributed by atoms with Crippen LogP contribution >= 0.6 is 11.8 Å². The summed E-state index contributed by atoms with van der Waals surface area (Å²) in [6, 6.07) is 15.0. The fourth-order valence-electron chi connectivity index (χ4n) is 2.53. The van der Waals surface area contributed by atoms with E-state index in [1.165, 1.54) is 0 Å². The number of amides is 1. The highest BCUT2D eigenvalue weighted by Gasteiger charge is 2.08. The smallest absolute Gasteiger partial charge is 0.326 e. The third-order valence-electron chi connectivity index (χ3n) is 3.62. The van der Waals surface area contributed by atoms with Gasteiger partial charge < -0.3 is 10.7 Å². The van der Waals surface area contributed by atoms with E-state index in [1.54, 1.807) is 28.5 Å². The Labute approximate surface area is 137 Å². The topological polar surface area (TPSA) is 80.9 Å². The molecule has 0 spiro atoms. The average Bonchev–Trinajstić information content (AvgIpc) is 2.87. The van der Waals surface area contributed by atoms with Crippen LogP contribution in [-0.4, -0.2) is 21.2 Å². The number of para-hydroxylation sites is 2. The first kappa shape index (κ1) is 15.4. The normalized spacial score (nSPS) is 11.0. The third kappa shape index (κ3) is 3.32. The molecule has 0 saturated carbocycles. The maximum Gasteiger partial charge on any atom is 0.326 e. The van der Waals surface area contributed by atoms with Gasteiger partial charge in [0.05, 0.1) is 16.6 Å². The van der Waals surface area contributed by atoms with E-state index in [0.717, 1.165) is 28.1 Å². The second-order valence-electron chi connectivity index (χ2n) is 5.16. The predicted octanol–water partition coefficient (Wildman–Crippen LogP) is 2.61. The van der Waals surface area contributed by atoms with Crippen molar-refractivity contribution in [3.05, 3.63) is 64.6 Å². The Morgan fingerprint density at radius 3 is 2.70 bits per heavy atom. The number of aryl methyl sites for hydroxylation is 1. The van der Waals surface area contributed by atoms with E-state index in [9.17, 15) is 9.59 Å². The molecule has 2 aromatic carbocycles. The van der Waals surface area contributed by atoms with Gasteiger partial charge >= 0.3 is 5.69 Å². The highest BCUT2D eigenvalue weighted by molar-refractivity contribution is 7.99. The minimum absolute atomic E-state index is 0.0891. The molecule has 3 N–H and O–H groups in total. The van der Waals surface area contributed by atoms with Gasteiger partial charge in [-0.1, -0.05) is 24.3 Å². The van der Waals surface area contributed by atoms with Crippen molar-refractivity contribution in [2.24, 2.45) is 5.73 Å². The van der Waals surface area contributed by atoms with Crippen LogP contribution in [0.4, 0.5) is 0 Å². The van der Waals surface area contributed by atoms with E-state index in [2.05, 4.69) is 4.98 Å². The summed E-state index contributed by atoms with van der Waals surface area (Å²) in [5.74, 6) is 0.386. The van der Waals surface area contributed by atoms with Crippen LogP contribution in [0.25, 0.3) is 11.0 Å². The highest BCUT2D eigenvalue weighted by Crippen LogP contribution is 2.23. The van der Waals surface area contributed by atoms with Gasteiger partial charge in [-0.15, -0.1) is 11.8 Å². The molecule has 3 rings (SSSR count). The Kier molecular flexibility index (Phi) is 4.52. The summed E-state index contributed by atoms with van der Waals surface area (Å²) in [5.41, 5.74) is 7.60. The Hall–Kier alpha value is -2.47. The van der Waals surface area contributed by atoms with Crippen molar-refractivity contribution in [1.82, 2.24) is 9.55 Å². The molecule has 0 aliphatic rings. The molecule has 0 aliphatic carbocycles. The van der Waals surface area contributed by atoms with Crippen molar-refractivity contribution >= 4 is 28.7 Å². The van der Waals surface area contributed by atoms with Gasteiger partial charge in [0.2, 0.25) is 5.91 Å². The minimum Gasteiger partial charge on any atom is -0.366 e. The third-order valence-corrected chi connectivity index (χ3v) is 4.78. The van der Waals surface area contributed by atoms with Crippen LogP contribution in [0.15, 0.2) is 58.2 Å². The zero-order chi connectivity index (χ0) is 16.2. The van der Waals surface area contributed by atoms with E-state index in [4.69, 9.17) is 5.73 Å². The number of hydrogen-bond donors (Lipinski definition) is 2. The lowest BCUT2D eigenvalue weighted by molar-refractivity contribution is 0.0997. The first-order valence-corrected chi connectivity index (χ1v) is 8.34. The fraction of sp³-hybridized carbons (Fsp3) is 0.176. The summed E-state index contributed by atoms with van der Waals surface area (Å²) in [7, 11) is 0. The molecular weight excluding hydrogens is 310 g/mol. The number of H-pyrrole nitrogens is 1. The molecular formula is C17H17N3O2S. The number of rotatable bonds is 6. The number of nitrogens with one attached hydrogen (secondary N) is 1. The van der Waals surface area contributed by atoms with Gasteiger partial charge in [-0.05, 0) is 36.4 Å². The predicted molar refractivity (Wildman–Crippen MR) is 92.9 cm³/mol. The second-order valence-corrected chi connectivity index (χ2v) is 6.30. The number of benzene rings is 2. The Balaban J connectivity index is 1.65. The zero-order valence-electron chi connectivity index (χ0n) is 12.5. The number of imidazole rings is 1. The van der Waals surface area contributed by atoms with E-state index >= 15 is 0 Å². The summed E-state index contributed by atoms with van der Waals surface area (Å²) in [6.45, 7) is 0.634. The number of nitrogens with two attached hydrogens (primary N) is 1. The number of nitrogens with zero attached hydrogens (tertiary/aromatic N) is 1. The van der Waals surface area contributed by atoms with Gasteiger partial charge in [-0.25, -0.2) is 4.79 Å². The van der Waals surface area contributed by atoms with E-state index in [0.29, 0.717) is 12.1 Å². The molecule has 3 aromatic rings. The number of aromatic amines is 1. The molecule has 5 nitrogen and oxygen atoms in total. The standard InChI is InChI=1S/C17H17N3O2S/c18-16(21)12-6-1-4-9-15(12)23-11-5-10-20-14-8-3-2-7-13(14)19-17(20)22/h1-4,6-9H,5,10-11H2,(H2,18,21)(H,19,22). The van der Waals surface area contributed by atoms with Crippen molar-refractivity contribution in [2.75, 3.05) is 5.75 Å². The minimum atomic E-state index is -0.416. The largest absolute Gasteiger partial charge is 0.366 e. The van der Waals surface area contributed by atoms with Crippen molar-refractivity contribution in [1.29, 1.82) is 0 Å². The molecule has 1 amide bonds. The summed E-state index contributed by atoms with van der Waals surface area (Å²) in [5, 5.41) is 0. The molecule has 1 aromatic heterocycles. The molecule has 0 unspecified atom stereocenters. The zero-order valence-corrected chi connectivity index (χ0v) is 13.3. The summed E-state index contributed by atoms with van der Waals surface area (Å²) >= 11 is 1.58. The first-order chi connectivity index (χ1) is 11.2. The highest BCUT2D eigenvalue weighted by atomic mass is 32.2. The maximum absolute atomic E-state index is 12.0. The number of carbonyl (C=O) groups excluding carboxylic acids is 1. The monoisotopic (exact) mass is 327 g/mol.